The molecule has 4 atom stereocenters. The lowest BCUT2D eigenvalue weighted by Crippen LogP contribution is -2.61. The molecule has 0 aliphatic carbocycles. The Morgan fingerprint density at radius 3 is 2.46 bits per heavy atom. The number of likely N-dealkylation sites (tertiary alicyclic amines) is 1. The molecule has 2 amide bonds. The molecule has 26 heavy (non-hydrogen) atoms. The number of amides is 2. The van der Waals surface area contributed by atoms with E-state index in [2.05, 4.69) is 26.1 Å². The van der Waals surface area contributed by atoms with Crippen LogP contribution < -0.4 is 5.32 Å². The first-order valence-electron chi connectivity index (χ1n) is 9.72. The molecule has 0 spiro atoms. The number of nitrogens with one attached hydrogen (secondary N) is 1. The molecular weight excluding hydrogens is 328 g/mol. The summed E-state index contributed by atoms with van der Waals surface area (Å²) in [5.41, 5.74) is 1.07. The van der Waals surface area contributed by atoms with E-state index in [1.165, 1.54) is 0 Å². The van der Waals surface area contributed by atoms with Gasteiger partial charge in [0, 0.05) is 19.5 Å². The Hall–Kier alpha value is -1.88. The number of carbonyl (C=O) groups excluding carboxylic acids is 2. The van der Waals surface area contributed by atoms with Crippen LogP contribution in [-0.2, 0) is 20.9 Å². The molecule has 0 aromatic heterocycles. The van der Waals surface area contributed by atoms with E-state index in [1.807, 2.05) is 42.2 Å². The standard InChI is InChI=1S/C21H32N2O3/c1-5-12-23-18(13-22-19(24)6-2)15(3)16(4)20(21(23)25)26-14-17-10-8-7-9-11-17/h7-11,15-16,18,20H,5-6,12-14H2,1-4H3,(H,22,24). The second-order valence-corrected chi connectivity index (χ2v) is 7.19. The van der Waals surface area contributed by atoms with Gasteiger partial charge >= 0.3 is 0 Å². The van der Waals surface area contributed by atoms with Gasteiger partial charge in [0.2, 0.25) is 5.91 Å². The topological polar surface area (TPSA) is 58.6 Å². The zero-order valence-electron chi connectivity index (χ0n) is 16.4. The molecule has 1 heterocycles. The Balaban J connectivity index is 2.09. The molecule has 4 unspecified atom stereocenters. The van der Waals surface area contributed by atoms with E-state index in [0.29, 0.717) is 26.1 Å². The predicted octanol–water partition coefficient (Wildman–Crippen LogP) is 2.99. The maximum atomic E-state index is 13.1. The highest BCUT2D eigenvalue weighted by Crippen LogP contribution is 2.32. The van der Waals surface area contributed by atoms with Gasteiger partial charge < -0.3 is 15.0 Å². The van der Waals surface area contributed by atoms with E-state index in [-0.39, 0.29) is 29.7 Å². The van der Waals surface area contributed by atoms with Crippen LogP contribution in [0, 0.1) is 11.8 Å². The summed E-state index contributed by atoms with van der Waals surface area (Å²) in [4.78, 5) is 26.7. The highest BCUT2D eigenvalue weighted by atomic mass is 16.5. The van der Waals surface area contributed by atoms with Crippen molar-refractivity contribution < 1.29 is 14.3 Å². The number of hydrogen-bond donors (Lipinski definition) is 1. The third kappa shape index (κ3) is 4.85. The Labute approximate surface area is 157 Å². The van der Waals surface area contributed by atoms with Crippen molar-refractivity contribution in [3.8, 4) is 0 Å². The van der Waals surface area contributed by atoms with Gasteiger partial charge in [0.1, 0.15) is 6.10 Å². The summed E-state index contributed by atoms with van der Waals surface area (Å²) >= 11 is 0. The van der Waals surface area contributed by atoms with Crippen LogP contribution in [0.1, 0.15) is 46.1 Å². The summed E-state index contributed by atoms with van der Waals surface area (Å²) in [5.74, 6) is 0.417. The Morgan fingerprint density at radius 1 is 1.15 bits per heavy atom. The van der Waals surface area contributed by atoms with Crippen LogP contribution in [0.4, 0.5) is 0 Å². The smallest absolute Gasteiger partial charge is 0.252 e. The lowest BCUT2D eigenvalue weighted by atomic mass is 9.79. The molecule has 144 valence electrons. The minimum absolute atomic E-state index is 0.0181. The van der Waals surface area contributed by atoms with Crippen LogP contribution in [0.2, 0.25) is 0 Å². The van der Waals surface area contributed by atoms with Crippen molar-refractivity contribution in [3.63, 3.8) is 0 Å². The summed E-state index contributed by atoms with van der Waals surface area (Å²) in [6.07, 6.45) is 0.910. The Morgan fingerprint density at radius 2 is 1.85 bits per heavy atom. The van der Waals surface area contributed by atoms with E-state index in [0.717, 1.165) is 12.0 Å². The second kappa shape index (κ2) is 9.72. The zero-order valence-corrected chi connectivity index (χ0v) is 16.4. The normalized spacial score (nSPS) is 26.0. The maximum absolute atomic E-state index is 13.1. The number of hydrogen-bond acceptors (Lipinski definition) is 3. The summed E-state index contributed by atoms with van der Waals surface area (Å²) in [6, 6.07) is 9.96. The van der Waals surface area contributed by atoms with Crippen molar-refractivity contribution in [2.24, 2.45) is 11.8 Å². The van der Waals surface area contributed by atoms with Crippen molar-refractivity contribution >= 4 is 11.8 Å². The van der Waals surface area contributed by atoms with Gasteiger partial charge in [-0.2, -0.15) is 0 Å². The van der Waals surface area contributed by atoms with Crippen molar-refractivity contribution in [2.45, 2.75) is 59.3 Å². The largest absolute Gasteiger partial charge is 0.363 e. The molecule has 1 saturated heterocycles. The molecular formula is C21H32N2O3. The van der Waals surface area contributed by atoms with Crippen molar-refractivity contribution in [3.05, 3.63) is 35.9 Å². The van der Waals surface area contributed by atoms with E-state index < -0.39 is 6.10 Å². The summed E-state index contributed by atoms with van der Waals surface area (Å²) in [7, 11) is 0. The minimum atomic E-state index is -0.435. The summed E-state index contributed by atoms with van der Waals surface area (Å²) in [6.45, 7) is 9.77. The molecule has 5 heteroatoms. The van der Waals surface area contributed by atoms with Crippen molar-refractivity contribution in [2.75, 3.05) is 13.1 Å². The quantitative estimate of drug-likeness (QED) is 0.775. The minimum Gasteiger partial charge on any atom is -0.363 e. The highest BCUT2D eigenvalue weighted by Gasteiger charge is 2.44. The molecule has 0 saturated carbocycles. The van der Waals surface area contributed by atoms with Gasteiger partial charge in [-0.05, 0) is 23.8 Å². The third-order valence-electron chi connectivity index (χ3n) is 5.41. The molecule has 1 aromatic carbocycles. The fraction of sp³-hybridized carbons (Fsp3) is 0.619. The predicted molar refractivity (Wildman–Crippen MR) is 102 cm³/mol. The van der Waals surface area contributed by atoms with Crippen LogP contribution in [0.3, 0.4) is 0 Å². The molecule has 0 bridgehead atoms. The van der Waals surface area contributed by atoms with Crippen LogP contribution in [-0.4, -0.2) is 41.9 Å². The number of ether oxygens (including phenoxy) is 1. The molecule has 1 aromatic rings. The molecule has 1 N–H and O–H groups in total. The maximum Gasteiger partial charge on any atom is 0.252 e. The average Bonchev–Trinajstić information content (AvgIpc) is 2.66. The number of benzene rings is 1. The first kappa shape index (κ1) is 20.4. The van der Waals surface area contributed by atoms with Crippen molar-refractivity contribution in [1.82, 2.24) is 10.2 Å². The van der Waals surface area contributed by atoms with Gasteiger partial charge in [-0.3, -0.25) is 9.59 Å². The van der Waals surface area contributed by atoms with E-state index in [4.69, 9.17) is 4.74 Å². The fourth-order valence-electron chi connectivity index (χ4n) is 3.60. The Bertz CT molecular complexity index is 590. The molecule has 1 aliphatic heterocycles. The first-order chi connectivity index (χ1) is 12.5. The monoisotopic (exact) mass is 360 g/mol. The Kier molecular flexibility index (Phi) is 7.64. The third-order valence-corrected chi connectivity index (χ3v) is 5.41. The number of piperidine rings is 1. The second-order valence-electron chi connectivity index (χ2n) is 7.19. The molecule has 5 nitrogen and oxygen atoms in total. The highest BCUT2D eigenvalue weighted by molar-refractivity contribution is 5.83. The van der Waals surface area contributed by atoms with Crippen LogP contribution in [0.25, 0.3) is 0 Å². The van der Waals surface area contributed by atoms with Crippen LogP contribution >= 0.6 is 0 Å². The lowest BCUT2D eigenvalue weighted by molar-refractivity contribution is -0.163. The molecule has 1 aliphatic rings. The fourth-order valence-corrected chi connectivity index (χ4v) is 3.60. The SMILES string of the molecule is CCCN1C(=O)C(OCc2ccccc2)C(C)C(C)C1CNC(=O)CC. The van der Waals surface area contributed by atoms with Gasteiger partial charge in [-0.1, -0.05) is 58.0 Å². The van der Waals surface area contributed by atoms with Gasteiger partial charge in [-0.15, -0.1) is 0 Å². The van der Waals surface area contributed by atoms with Crippen molar-refractivity contribution in [1.29, 1.82) is 0 Å². The van der Waals surface area contributed by atoms with E-state index >= 15 is 0 Å². The average molecular weight is 360 g/mol. The zero-order chi connectivity index (χ0) is 19.1. The van der Waals surface area contributed by atoms with Crippen LogP contribution in [0.5, 0.6) is 0 Å². The van der Waals surface area contributed by atoms with Gasteiger partial charge in [0.15, 0.2) is 0 Å². The molecule has 2 rings (SSSR count). The summed E-state index contributed by atoms with van der Waals surface area (Å²) in [5, 5.41) is 2.96. The van der Waals surface area contributed by atoms with Gasteiger partial charge in [0.05, 0.1) is 12.6 Å². The molecule has 1 fully saturated rings. The summed E-state index contributed by atoms with van der Waals surface area (Å²) < 4.78 is 6.06. The van der Waals surface area contributed by atoms with E-state index in [9.17, 15) is 9.59 Å². The number of nitrogens with zero attached hydrogens (tertiary/aromatic N) is 1. The van der Waals surface area contributed by atoms with Gasteiger partial charge in [0.25, 0.3) is 5.91 Å². The lowest BCUT2D eigenvalue weighted by Gasteiger charge is -2.46. The van der Waals surface area contributed by atoms with Gasteiger partial charge in [-0.25, -0.2) is 0 Å². The molecule has 0 radical (unpaired) electrons. The number of carbonyl (C=O) groups is 2. The van der Waals surface area contributed by atoms with Crippen LogP contribution in [0.15, 0.2) is 30.3 Å². The first-order valence-corrected chi connectivity index (χ1v) is 9.72. The number of rotatable bonds is 8. The van der Waals surface area contributed by atoms with E-state index in [1.54, 1.807) is 0 Å².